The van der Waals surface area contributed by atoms with Gasteiger partial charge in [-0.1, -0.05) is 66.0 Å². The Morgan fingerprint density at radius 2 is 1.63 bits per heavy atom. The summed E-state index contributed by atoms with van der Waals surface area (Å²) in [5.74, 6) is -1.97. The molecule has 1 amide bonds. The third-order valence-corrected chi connectivity index (χ3v) is 7.61. The molecule has 0 radical (unpaired) electrons. The molecule has 41 heavy (non-hydrogen) atoms. The number of hydrogen-bond donors (Lipinski definition) is 0. The molecule has 1 atom stereocenters. The minimum Gasteiger partial charge on any atom is -0.440 e. The van der Waals surface area contributed by atoms with E-state index >= 15 is 4.39 Å². The summed E-state index contributed by atoms with van der Waals surface area (Å²) in [6.07, 6.45) is 0. The predicted molar refractivity (Wildman–Crippen MR) is 153 cm³/mol. The standard InChI is InChI=1S/C31H26BFN4O4/c1-32-22-8-4-6-20(16-22)31(21-7-5-9-23(17-21)37-27-11-3-2-10-26(27)34-35-37)40-28-18-24(25(33)19-29(28)41-31)30(38)36-12-14-39-15-13-36/h2-11,16-19,32H,12-15H2,1H3. The minimum absolute atomic E-state index is 0.0600. The molecule has 0 N–H and O–H groups in total. The van der Waals surface area contributed by atoms with Crippen LogP contribution in [-0.4, -0.2) is 59.4 Å². The Hall–Kier alpha value is -4.70. The van der Waals surface area contributed by atoms with E-state index in [9.17, 15) is 4.79 Å². The van der Waals surface area contributed by atoms with Crippen molar-refractivity contribution in [2.45, 2.75) is 12.6 Å². The Morgan fingerprint density at radius 1 is 0.902 bits per heavy atom. The number of nitrogens with zero attached hydrogens (tertiary/aromatic N) is 4. The second kappa shape index (κ2) is 10.0. The van der Waals surface area contributed by atoms with Crippen molar-refractivity contribution in [3.63, 3.8) is 0 Å². The van der Waals surface area contributed by atoms with E-state index < -0.39 is 17.5 Å². The molecule has 1 unspecified atom stereocenters. The van der Waals surface area contributed by atoms with Crippen LogP contribution in [0.3, 0.4) is 0 Å². The van der Waals surface area contributed by atoms with Gasteiger partial charge in [0.2, 0.25) is 0 Å². The molecule has 4 aromatic carbocycles. The Balaban J connectivity index is 1.34. The normalized spacial score (nSPS) is 18.0. The van der Waals surface area contributed by atoms with Crippen molar-refractivity contribution in [3.8, 4) is 17.2 Å². The number of morpholine rings is 1. The third kappa shape index (κ3) is 4.31. The zero-order valence-electron chi connectivity index (χ0n) is 22.4. The maximum atomic E-state index is 15.4. The summed E-state index contributed by atoms with van der Waals surface area (Å²) in [7, 11) is 0.814. The van der Waals surface area contributed by atoms with Gasteiger partial charge >= 0.3 is 5.79 Å². The first-order valence-electron chi connectivity index (χ1n) is 13.6. The fourth-order valence-corrected chi connectivity index (χ4v) is 5.43. The van der Waals surface area contributed by atoms with Gasteiger partial charge in [-0.15, -0.1) is 5.10 Å². The highest BCUT2D eigenvalue weighted by molar-refractivity contribution is 6.51. The predicted octanol–water partition coefficient (Wildman–Crippen LogP) is 3.81. The highest BCUT2D eigenvalue weighted by Gasteiger charge is 2.46. The van der Waals surface area contributed by atoms with E-state index in [1.54, 1.807) is 9.58 Å². The van der Waals surface area contributed by atoms with E-state index in [4.69, 9.17) is 14.2 Å². The first-order chi connectivity index (χ1) is 20.1. The molecule has 2 aliphatic heterocycles. The number of fused-ring (bicyclic) bond motifs is 2. The van der Waals surface area contributed by atoms with Gasteiger partial charge in [0.25, 0.3) is 5.91 Å². The topological polar surface area (TPSA) is 78.7 Å². The monoisotopic (exact) mass is 548 g/mol. The lowest BCUT2D eigenvalue weighted by Gasteiger charge is -2.29. The molecule has 0 aliphatic carbocycles. The van der Waals surface area contributed by atoms with Crippen LogP contribution in [0.4, 0.5) is 4.39 Å². The zero-order chi connectivity index (χ0) is 28.0. The SMILES string of the molecule is CBc1cccc(C2(c3cccc(-n4nnc5ccccc54)c3)Oc3cc(F)c(C(=O)N4CCOCC4)cc3O2)c1. The zero-order valence-corrected chi connectivity index (χ0v) is 22.4. The molecule has 1 saturated heterocycles. The number of amides is 1. The van der Waals surface area contributed by atoms with Crippen LogP contribution in [0.25, 0.3) is 16.7 Å². The molecule has 3 heterocycles. The van der Waals surface area contributed by atoms with Crippen LogP contribution < -0.4 is 14.9 Å². The lowest BCUT2D eigenvalue weighted by molar-refractivity contribution is -0.0459. The van der Waals surface area contributed by atoms with Gasteiger partial charge in [0.05, 0.1) is 30.0 Å². The van der Waals surface area contributed by atoms with Crippen LogP contribution in [0.2, 0.25) is 6.82 Å². The lowest BCUT2D eigenvalue weighted by Crippen LogP contribution is -2.41. The van der Waals surface area contributed by atoms with Crippen molar-refractivity contribution in [3.05, 3.63) is 107 Å². The van der Waals surface area contributed by atoms with Gasteiger partial charge < -0.3 is 19.1 Å². The van der Waals surface area contributed by atoms with Crippen molar-refractivity contribution in [1.29, 1.82) is 0 Å². The highest BCUT2D eigenvalue weighted by Crippen LogP contribution is 2.48. The number of carbonyl (C=O) groups is 1. The van der Waals surface area contributed by atoms with Crippen LogP contribution in [0.1, 0.15) is 21.5 Å². The second-order valence-corrected chi connectivity index (χ2v) is 10.1. The second-order valence-electron chi connectivity index (χ2n) is 10.1. The van der Waals surface area contributed by atoms with Gasteiger partial charge in [-0.25, -0.2) is 9.07 Å². The van der Waals surface area contributed by atoms with E-state index in [0.29, 0.717) is 37.6 Å². The van der Waals surface area contributed by atoms with Gasteiger partial charge in [-0.05, 0) is 30.3 Å². The quantitative estimate of drug-likeness (QED) is 0.311. The van der Waals surface area contributed by atoms with Crippen molar-refractivity contribution in [1.82, 2.24) is 19.9 Å². The van der Waals surface area contributed by atoms with E-state index in [2.05, 4.69) is 17.1 Å². The smallest absolute Gasteiger partial charge is 0.305 e. The van der Waals surface area contributed by atoms with Crippen LogP contribution in [0.5, 0.6) is 11.5 Å². The van der Waals surface area contributed by atoms with E-state index in [1.165, 1.54) is 12.1 Å². The molecule has 204 valence electrons. The fraction of sp³-hybridized carbons (Fsp3) is 0.194. The Kier molecular flexibility index (Phi) is 6.20. The molecular formula is C31H26BFN4O4. The molecule has 10 heteroatoms. The van der Waals surface area contributed by atoms with Gasteiger partial charge in [-0.2, -0.15) is 0 Å². The van der Waals surface area contributed by atoms with Crippen molar-refractivity contribution >= 4 is 29.7 Å². The summed E-state index contributed by atoms with van der Waals surface area (Å²) >= 11 is 0. The molecule has 5 aromatic rings. The Morgan fingerprint density at radius 3 is 2.44 bits per heavy atom. The number of ether oxygens (including phenoxy) is 3. The molecule has 0 bridgehead atoms. The molecule has 7 rings (SSSR count). The van der Waals surface area contributed by atoms with Crippen LogP contribution in [0, 0.1) is 5.82 Å². The maximum Gasteiger partial charge on any atom is 0.305 e. The highest BCUT2D eigenvalue weighted by atomic mass is 19.1. The summed E-state index contributed by atoms with van der Waals surface area (Å²) in [5, 5.41) is 8.66. The van der Waals surface area contributed by atoms with Gasteiger partial charge in [0, 0.05) is 30.3 Å². The van der Waals surface area contributed by atoms with E-state index in [1.807, 2.05) is 72.8 Å². The third-order valence-electron chi connectivity index (χ3n) is 7.61. The molecule has 0 saturated carbocycles. The van der Waals surface area contributed by atoms with Crippen LogP contribution in [0.15, 0.2) is 84.9 Å². The lowest BCUT2D eigenvalue weighted by atomic mass is 9.72. The number of benzene rings is 4. The number of para-hydroxylation sites is 1. The Labute approximate surface area is 236 Å². The summed E-state index contributed by atoms with van der Waals surface area (Å²) in [6, 6.07) is 26.0. The number of rotatable bonds is 5. The number of carbonyl (C=O) groups excluding carboxylic acids is 1. The molecular weight excluding hydrogens is 522 g/mol. The summed E-state index contributed by atoms with van der Waals surface area (Å²) in [5.41, 5.74) is 4.86. The van der Waals surface area contributed by atoms with Gasteiger partial charge in [0.15, 0.2) is 18.8 Å². The Bertz CT molecular complexity index is 1790. The largest absolute Gasteiger partial charge is 0.440 e. The summed E-state index contributed by atoms with van der Waals surface area (Å²) in [4.78, 5) is 14.8. The maximum absolute atomic E-state index is 15.4. The average molecular weight is 548 g/mol. The molecule has 1 fully saturated rings. The summed E-state index contributed by atoms with van der Waals surface area (Å²) in [6.45, 7) is 3.74. The average Bonchev–Trinajstić information content (AvgIpc) is 3.63. The van der Waals surface area contributed by atoms with Crippen LogP contribution >= 0.6 is 0 Å². The van der Waals surface area contributed by atoms with Crippen LogP contribution in [-0.2, 0) is 10.5 Å². The van der Waals surface area contributed by atoms with Crippen molar-refractivity contribution in [2.75, 3.05) is 26.3 Å². The van der Waals surface area contributed by atoms with E-state index in [0.717, 1.165) is 35.0 Å². The van der Waals surface area contributed by atoms with Crippen molar-refractivity contribution < 1.29 is 23.4 Å². The van der Waals surface area contributed by atoms with Gasteiger partial charge in [0.1, 0.15) is 11.3 Å². The first kappa shape index (κ1) is 25.3. The number of hydrogen-bond acceptors (Lipinski definition) is 6. The molecule has 1 aromatic heterocycles. The van der Waals surface area contributed by atoms with E-state index in [-0.39, 0.29) is 11.3 Å². The molecule has 0 spiro atoms. The first-order valence-corrected chi connectivity index (χ1v) is 13.6. The number of aromatic nitrogens is 3. The van der Waals surface area contributed by atoms with Crippen molar-refractivity contribution in [2.24, 2.45) is 0 Å². The molecule has 8 nitrogen and oxygen atoms in total. The fourth-order valence-electron chi connectivity index (χ4n) is 5.43. The van der Waals surface area contributed by atoms with Gasteiger partial charge in [-0.3, -0.25) is 4.79 Å². The summed E-state index contributed by atoms with van der Waals surface area (Å²) < 4.78 is 35.7. The molecule has 2 aliphatic rings. The number of halogens is 1. The minimum atomic E-state index is -1.42.